The summed E-state index contributed by atoms with van der Waals surface area (Å²) in [6.07, 6.45) is 1.28. The largest absolute Gasteiger partial charge is 0.446 e. The van der Waals surface area contributed by atoms with Crippen molar-refractivity contribution in [1.82, 2.24) is 4.90 Å². The van der Waals surface area contributed by atoms with E-state index in [1.54, 1.807) is 0 Å². The van der Waals surface area contributed by atoms with Gasteiger partial charge in [-0.1, -0.05) is 72.8 Å². The molecule has 0 bridgehead atoms. The van der Waals surface area contributed by atoms with Crippen LogP contribution in [0.4, 0.5) is 10.5 Å². The standard InChI is InChI=1S/C30H37N3O2/c1-4-33(2,3)23-25-16-14-24(15-17-25)22-32-20-18-27(19-21-32)35-30(34)31-29-13-9-8-12-28(29)26-10-6-5-7-11-26/h5-17,27H,4,18-23H2,1-3H3/p+1. The van der Waals surface area contributed by atoms with Gasteiger partial charge < -0.3 is 9.22 Å². The van der Waals surface area contributed by atoms with Gasteiger partial charge in [0.25, 0.3) is 0 Å². The van der Waals surface area contributed by atoms with Crippen molar-refractivity contribution in [3.05, 3.63) is 90.0 Å². The SMILES string of the molecule is CC[N+](C)(C)Cc1ccc(CN2CCC(OC(=O)Nc3ccccc3-c3ccccc3)CC2)cc1. The molecule has 35 heavy (non-hydrogen) atoms. The van der Waals surface area contributed by atoms with Crippen molar-refractivity contribution in [2.45, 2.75) is 39.0 Å². The van der Waals surface area contributed by atoms with Crippen molar-refractivity contribution in [3.63, 3.8) is 0 Å². The molecule has 0 aromatic heterocycles. The van der Waals surface area contributed by atoms with Crippen molar-refractivity contribution >= 4 is 11.8 Å². The van der Waals surface area contributed by atoms with Gasteiger partial charge in [-0.05, 0) is 37.0 Å². The molecule has 0 saturated carbocycles. The van der Waals surface area contributed by atoms with E-state index in [0.717, 1.165) is 66.9 Å². The number of benzene rings is 3. The third-order valence-corrected chi connectivity index (χ3v) is 6.95. The lowest BCUT2D eigenvalue weighted by Crippen LogP contribution is -2.38. The Labute approximate surface area is 209 Å². The Morgan fingerprint density at radius 2 is 1.54 bits per heavy atom. The van der Waals surface area contributed by atoms with Crippen molar-refractivity contribution in [2.75, 3.05) is 39.0 Å². The van der Waals surface area contributed by atoms with Crippen LogP contribution in [0, 0.1) is 0 Å². The number of nitrogens with zero attached hydrogens (tertiary/aromatic N) is 2. The minimum Gasteiger partial charge on any atom is -0.446 e. The fraction of sp³-hybridized carbons (Fsp3) is 0.367. The van der Waals surface area contributed by atoms with Crippen LogP contribution >= 0.6 is 0 Å². The van der Waals surface area contributed by atoms with Gasteiger partial charge >= 0.3 is 6.09 Å². The quantitative estimate of drug-likeness (QED) is 0.399. The number of carbonyl (C=O) groups excluding carboxylic acids is 1. The van der Waals surface area contributed by atoms with E-state index in [1.165, 1.54) is 11.1 Å². The zero-order valence-electron chi connectivity index (χ0n) is 21.2. The predicted molar refractivity (Wildman–Crippen MR) is 143 cm³/mol. The average Bonchev–Trinajstić information content (AvgIpc) is 2.87. The van der Waals surface area contributed by atoms with Crippen LogP contribution in [0.2, 0.25) is 0 Å². The molecule has 3 aromatic carbocycles. The Kier molecular flexibility index (Phi) is 8.21. The summed E-state index contributed by atoms with van der Waals surface area (Å²) >= 11 is 0. The van der Waals surface area contributed by atoms with E-state index in [4.69, 9.17) is 4.74 Å². The van der Waals surface area contributed by atoms with Crippen LogP contribution in [0.15, 0.2) is 78.9 Å². The van der Waals surface area contributed by atoms with Crippen molar-refractivity contribution in [1.29, 1.82) is 0 Å². The second-order valence-corrected chi connectivity index (χ2v) is 10.1. The minimum absolute atomic E-state index is 0.0495. The van der Waals surface area contributed by atoms with E-state index in [2.05, 4.69) is 55.5 Å². The summed E-state index contributed by atoms with van der Waals surface area (Å²) in [5.74, 6) is 0. The van der Waals surface area contributed by atoms with E-state index in [9.17, 15) is 4.79 Å². The van der Waals surface area contributed by atoms with Crippen LogP contribution in [0.25, 0.3) is 11.1 Å². The predicted octanol–water partition coefficient (Wildman–Crippen LogP) is 6.16. The summed E-state index contributed by atoms with van der Waals surface area (Å²) in [5.41, 5.74) is 5.55. The molecule has 0 atom stereocenters. The van der Waals surface area contributed by atoms with E-state index < -0.39 is 0 Å². The molecule has 5 heteroatoms. The summed E-state index contributed by atoms with van der Waals surface area (Å²) < 4.78 is 6.78. The maximum atomic E-state index is 12.6. The Morgan fingerprint density at radius 1 is 0.914 bits per heavy atom. The summed E-state index contributed by atoms with van der Waals surface area (Å²) in [5, 5.41) is 2.96. The molecule has 0 unspecified atom stereocenters. The molecule has 3 aromatic rings. The number of para-hydroxylation sites is 1. The van der Waals surface area contributed by atoms with Crippen LogP contribution in [0.1, 0.15) is 30.9 Å². The average molecular weight is 473 g/mol. The molecule has 184 valence electrons. The highest BCUT2D eigenvalue weighted by molar-refractivity contribution is 5.91. The second kappa shape index (κ2) is 11.5. The first-order chi connectivity index (χ1) is 16.9. The van der Waals surface area contributed by atoms with Gasteiger partial charge in [-0.2, -0.15) is 0 Å². The number of carbonyl (C=O) groups is 1. The van der Waals surface area contributed by atoms with E-state index in [1.807, 2.05) is 54.6 Å². The highest BCUT2D eigenvalue weighted by atomic mass is 16.6. The lowest BCUT2D eigenvalue weighted by molar-refractivity contribution is -0.901. The second-order valence-electron chi connectivity index (χ2n) is 10.1. The molecule has 1 N–H and O–H groups in total. The van der Waals surface area contributed by atoms with Crippen molar-refractivity contribution in [2.24, 2.45) is 0 Å². The highest BCUT2D eigenvalue weighted by Crippen LogP contribution is 2.28. The fourth-order valence-electron chi connectivity index (χ4n) is 4.55. The molecule has 1 fully saturated rings. The van der Waals surface area contributed by atoms with Gasteiger partial charge in [0.15, 0.2) is 0 Å². The zero-order chi connectivity index (χ0) is 24.7. The summed E-state index contributed by atoms with van der Waals surface area (Å²) in [4.78, 5) is 15.1. The normalized spacial score (nSPS) is 15.1. The van der Waals surface area contributed by atoms with Gasteiger partial charge in [-0.25, -0.2) is 4.79 Å². The molecular weight excluding hydrogens is 434 g/mol. The zero-order valence-corrected chi connectivity index (χ0v) is 21.2. The monoisotopic (exact) mass is 472 g/mol. The summed E-state index contributed by atoms with van der Waals surface area (Å²) in [6, 6.07) is 26.9. The minimum atomic E-state index is -0.379. The molecule has 1 aliphatic rings. The van der Waals surface area contributed by atoms with Gasteiger partial charge in [-0.15, -0.1) is 0 Å². The molecule has 0 spiro atoms. The van der Waals surface area contributed by atoms with Crippen molar-refractivity contribution < 1.29 is 14.0 Å². The molecule has 1 saturated heterocycles. The number of quaternary nitrogens is 1. The van der Waals surface area contributed by atoms with Gasteiger partial charge in [0.2, 0.25) is 0 Å². The van der Waals surface area contributed by atoms with Crippen LogP contribution in [-0.4, -0.2) is 55.3 Å². The topological polar surface area (TPSA) is 41.6 Å². The Balaban J connectivity index is 1.25. The van der Waals surface area contributed by atoms with Crippen LogP contribution < -0.4 is 5.32 Å². The van der Waals surface area contributed by atoms with E-state index in [0.29, 0.717) is 0 Å². The highest BCUT2D eigenvalue weighted by Gasteiger charge is 2.23. The number of likely N-dealkylation sites (tertiary alicyclic amines) is 1. The van der Waals surface area contributed by atoms with Gasteiger partial charge in [-0.3, -0.25) is 10.2 Å². The lowest BCUT2D eigenvalue weighted by Gasteiger charge is -2.31. The molecule has 1 heterocycles. The third kappa shape index (κ3) is 7.17. The maximum Gasteiger partial charge on any atom is 0.411 e. The van der Waals surface area contributed by atoms with Crippen LogP contribution in [0.5, 0.6) is 0 Å². The number of ether oxygens (including phenoxy) is 1. The maximum absolute atomic E-state index is 12.6. The first-order valence-electron chi connectivity index (χ1n) is 12.7. The van der Waals surface area contributed by atoms with Crippen LogP contribution in [-0.2, 0) is 17.8 Å². The molecule has 0 aliphatic carbocycles. The number of rotatable bonds is 8. The molecular formula is C30H38N3O2+. The number of anilines is 1. The number of nitrogens with one attached hydrogen (secondary N) is 1. The van der Waals surface area contributed by atoms with Gasteiger partial charge in [0, 0.05) is 30.8 Å². The number of amides is 1. The van der Waals surface area contributed by atoms with E-state index in [-0.39, 0.29) is 12.2 Å². The first kappa shape index (κ1) is 25.0. The summed E-state index contributed by atoms with van der Waals surface area (Å²) in [6.45, 7) is 7.21. The number of piperidine rings is 1. The first-order valence-corrected chi connectivity index (χ1v) is 12.7. The third-order valence-electron chi connectivity index (χ3n) is 6.95. The molecule has 1 aliphatic heterocycles. The Bertz CT molecular complexity index is 1090. The van der Waals surface area contributed by atoms with Gasteiger partial charge in [0.1, 0.15) is 12.6 Å². The van der Waals surface area contributed by atoms with Gasteiger partial charge in [0.05, 0.1) is 26.3 Å². The number of hydrogen-bond donors (Lipinski definition) is 1. The summed E-state index contributed by atoms with van der Waals surface area (Å²) in [7, 11) is 4.53. The Hall–Kier alpha value is -3.15. The lowest BCUT2D eigenvalue weighted by atomic mass is 10.0. The molecule has 0 radical (unpaired) electrons. The van der Waals surface area contributed by atoms with Crippen LogP contribution in [0.3, 0.4) is 0 Å². The van der Waals surface area contributed by atoms with E-state index >= 15 is 0 Å². The fourth-order valence-corrected chi connectivity index (χ4v) is 4.55. The molecule has 4 rings (SSSR count). The Morgan fingerprint density at radius 3 is 2.23 bits per heavy atom. The molecule has 5 nitrogen and oxygen atoms in total. The molecule has 1 amide bonds. The number of hydrogen-bond acceptors (Lipinski definition) is 3. The smallest absolute Gasteiger partial charge is 0.411 e. The van der Waals surface area contributed by atoms with Crippen molar-refractivity contribution in [3.8, 4) is 11.1 Å².